The van der Waals surface area contributed by atoms with Crippen molar-refractivity contribution in [2.24, 2.45) is 0 Å². The maximum atomic E-state index is 9.10. The van der Waals surface area contributed by atoms with Gasteiger partial charge in [-0.25, -0.2) is 9.59 Å². The third-order valence-electron chi connectivity index (χ3n) is 2.80. The van der Waals surface area contributed by atoms with E-state index in [1.807, 2.05) is 12.1 Å². The Labute approximate surface area is 151 Å². The first-order valence-corrected chi connectivity index (χ1v) is 8.42. The Kier molecular flexibility index (Phi) is 10.3. The van der Waals surface area contributed by atoms with Gasteiger partial charge < -0.3 is 20.3 Å². The number of nitrogens with one attached hydrogen (secondary N) is 1. The molecule has 0 bridgehead atoms. The second-order valence-corrected chi connectivity index (χ2v) is 7.17. The second kappa shape index (κ2) is 11.0. The highest BCUT2D eigenvalue weighted by Gasteiger charge is 2.07. The van der Waals surface area contributed by atoms with Gasteiger partial charge in [0.25, 0.3) is 0 Å². The Morgan fingerprint density at radius 1 is 1.17 bits per heavy atom. The molecule has 1 rings (SSSR count). The average Bonchev–Trinajstić information content (AvgIpc) is 2.44. The lowest BCUT2D eigenvalue weighted by molar-refractivity contribution is -0.159. The molecule has 0 spiro atoms. The lowest BCUT2D eigenvalue weighted by atomic mass is 10.1. The highest BCUT2D eigenvalue weighted by atomic mass is 79.9. The summed E-state index contributed by atoms with van der Waals surface area (Å²) in [5.41, 5.74) is 1.39. The number of hydrogen-bond acceptors (Lipinski definition) is 4. The van der Waals surface area contributed by atoms with E-state index in [2.05, 4.69) is 55.0 Å². The number of halogens is 1. The highest BCUT2D eigenvalue weighted by molar-refractivity contribution is 9.10. The number of benzene rings is 1. The molecule has 0 radical (unpaired) electrons. The molecule has 0 aliphatic heterocycles. The number of aliphatic carboxylic acids is 2. The number of aryl methyl sites for hydroxylation is 1. The summed E-state index contributed by atoms with van der Waals surface area (Å²) in [7, 11) is 0. The first-order valence-electron chi connectivity index (χ1n) is 7.63. The molecule has 0 saturated heterocycles. The number of carboxylic acids is 2. The van der Waals surface area contributed by atoms with E-state index in [0.717, 1.165) is 36.2 Å². The molecule has 24 heavy (non-hydrogen) atoms. The van der Waals surface area contributed by atoms with Crippen molar-refractivity contribution in [2.75, 3.05) is 13.2 Å². The van der Waals surface area contributed by atoms with Crippen LogP contribution in [0.15, 0.2) is 22.7 Å². The van der Waals surface area contributed by atoms with Gasteiger partial charge in [0.2, 0.25) is 0 Å². The summed E-state index contributed by atoms with van der Waals surface area (Å²) in [4.78, 5) is 18.2. The molecule has 1 aromatic carbocycles. The second-order valence-electron chi connectivity index (χ2n) is 6.25. The van der Waals surface area contributed by atoms with Gasteiger partial charge in [0.1, 0.15) is 5.75 Å². The molecule has 0 aromatic heterocycles. The topological polar surface area (TPSA) is 95.9 Å². The van der Waals surface area contributed by atoms with Crippen LogP contribution in [0.3, 0.4) is 0 Å². The molecule has 6 nitrogen and oxygen atoms in total. The minimum Gasteiger partial charge on any atom is -0.493 e. The third kappa shape index (κ3) is 11.9. The molecule has 0 saturated carbocycles. The van der Waals surface area contributed by atoms with Gasteiger partial charge in [0.05, 0.1) is 6.61 Å². The van der Waals surface area contributed by atoms with E-state index in [9.17, 15) is 0 Å². The van der Waals surface area contributed by atoms with Crippen LogP contribution in [-0.4, -0.2) is 40.8 Å². The van der Waals surface area contributed by atoms with E-state index in [1.165, 1.54) is 5.56 Å². The number of hydrogen-bond donors (Lipinski definition) is 3. The van der Waals surface area contributed by atoms with Crippen LogP contribution in [0.4, 0.5) is 0 Å². The first kappa shape index (κ1) is 22.4. The zero-order valence-electron chi connectivity index (χ0n) is 14.6. The quantitative estimate of drug-likeness (QED) is 0.497. The average molecular weight is 404 g/mol. The largest absolute Gasteiger partial charge is 0.493 e. The predicted octanol–water partition coefficient (Wildman–Crippen LogP) is 3.46. The van der Waals surface area contributed by atoms with Crippen molar-refractivity contribution in [3.8, 4) is 5.75 Å². The van der Waals surface area contributed by atoms with Crippen LogP contribution in [0, 0.1) is 6.92 Å². The minimum absolute atomic E-state index is 0.211. The van der Waals surface area contributed by atoms with Crippen molar-refractivity contribution in [3.63, 3.8) is 0 Å². The molecule has 3 N–H and O–H groups in total. The monoisotopic (exact) mass is 403 g/mol. The zero-order chi connectivity index (χ0) is 18.8. The zero-order valence-corrected chi connectivity index (χ0v) is 16.1. The summed E-state index contributed by atoms with van der Waals surface area (Å²) in [6.45, 7) is 10.5. The van der Waals surface area contributed by atoms with E-state index in [-0.39, 0.29) is 5.54 Å². The Balaban J connectivity index is 0.000000754. The van der Waals surface area contributed by atoms with Crippen molar-refractivity contribution in [1.82, 2.24) is 5.32 Å². The summed E-state index contributed by atoms with van der Waals surface area (Å²) < 4.78 is 6.87. The Bertz CT molecular complexity index is 528. The van der Waals surface area contributed by atoms with Gasteiger partial charge in [-0.2, -0.15) is 0 Å². The van der Waals surface area contributed by atoms with Crippen molar-refractivity contribution in [2.45, 2.75) is 46.1 Å². The van der Waals surface area contributed by atoms with E-state index in [4.69, 9.17) is 24.5 Å². The maximum Gasteiger partial charge on any atom is 0.414 e. The third-order valence-corrected chi connectivity index (χ3v) is 3.30. The van der Waals surface area contributed by atoms with Crippen LogP contribution >= 0.6 is 15.9 Å². The SMILES string of the molecule is Cc1cc(Br)ccc1OCCCCNC(C)(C)C.O=C(O)C(=O)O. The van der Waals surface area contributed by atoms with Crippen LogP contribution in [0.25, 0.3) is 0 Å². The number of rotatable bonds is 6. The number of unbranched alkanes of at least 4 members (excludes halogenated alkanes) is 1. The standard InChI is InChI=1S/C15H24BrNO.C2H2O4/c1-12-11-13(16)7-8-14(12)18-10-6-5-9-17-15(2,3)4;3-1(4)2(5)6/h7-8,11,17H,5-6,9-10H2,1-4H3;(H,3,4)(H,5,6). The smallest absolute Gasteiger partial charge is 0.414 e. The van der Waals surface area contributed by atoms with Crippen LogP contribution in [-0.2, 0) is 9.59 Å². The molecule has 1 aromatic rings. The minimum atomic E-state index is -1.82. The Morgan fingerprint density at radius 2 is 1.75 bits per heavy atom. The van der Waals surface area contributed by atoms with E-state index in [1.54, 1.807) is 0 Å². The molecule has 0 atom stereocenters. The fourth-order valence-electron chi connectivity index (χ4n) is 1.65. The lowest BCUT2D eigenvalue weighted by Gasteiger charge is -2.20. The van der Waals surface area contributed by atoms with E-state index in [0.29, 0.717) is 0 Å². The fourth-order valence-corrected chi connectivity index (χ4v) is 2.12. The number of carboxylic acid groups (broad SMARTS) is 2. The van der Waals surface area contributed by atoms with Gasteiger partial charge in [0, 0.05) is 10.0 Å². The van der Waals surface area contributed by atoms with Crippen molar-refractivity contribution in [1.29, 1.82) is 0 Å². The lowest BCUT2D eigenvalue weighted by Crippen LogP contribution is -2.36. The highest BCUT2D eigenvalue weighted by Crippen LogP contribution is 2.22. The van der Waals surface area contributed by atoms with Gasteiger partial charge in [-0.15, -0.1) is 0 Å². The molecule has 0 aliphatic rings. The van der Waals surface area contributed by atoms with Crippen molar-refractivity contribution < 1.29 is 24.5 Å². The summed E-state index contributed by atoms with van der Waals surface area (Å²) in [6, 6.07) is 6.12. The molecular formula is C17H26BrNO5. The van der Waals surface area contributed by atoms with Crippen molar-refractivity contribution in [3.05, 3.63) is 28.2 Å². The number of ether oxygens (including phenoxy) is 1. The van der Waals surface area contributed by atoms with Gasteiger partial charge in [-0.3, -0.25) is 0 Å². The molecular weight excluding hydrogens is 378 g/mol. The molecule has 0 amide bonds. The molecule has 0 fully saturated rings. The van der Waals surface area contributed by atoms with Gasteiger partial charge in [-0.1, -0.05) is 15.9 Å². The first-order chi connectivity index (χ1) is 11.0. The van der Waals surface area contributed by atoms with Crippen molar-refractivity contribution >= 4 is 27.9 Å². The van der Waals surface area contributed by atoms with E-state index >= 15 is 0 Å². The Morgan fingerprint density at radius 3 is 2.21 bits per heavy atom. The molecule has 136 valence electrons. The van der Waals surface area contributed by atoms with Gasteiger partial charge >= 0.3 is 11.9 Å². The summed E-state index contributed by atoms with van der Waals surface area (Å²) >= 11 is 3.45. The molecule has 0 heterocycles. The summed E-state index contributed by atoms with van der Waals surface area (Å²) in [5.74, 6) is -2.66. The van der Waals surface area contributed by atoms with Crippen LogP contribution in [0.1, 0.15) is 39.2 Å². The van der Waals surface area contributed by atoms with Crippen LogP contribution in [0.5, 0.6) is 5.75 Å². The molecule has 7 heteroatoms. The Hall–Kier alpha value is -1.60. The van der Waals surface area contributed by atoms with E-state index < -0.39 is 11.9 Å². The molecule has 0 unspecified atom stereocenters. The molecule has 0 aliphatic carbocycles. The normalized spacial score (nSPS) is 10.5. The van der Waals surface area contributed by atoms with Crippen LogP contribution in [0.2, 0.25) is 0 Å². The van der Waals surface area contributed by atoms with Gasteiger partial charge in [-0.05, 0) is 70.8 Å². The predicted molar refractivity (Wildman–Crippen MR) is 96.6 cm³/mol. The van der Waals surface area contributed by atoms with Crippen LogP contribution < -0.4 is 10.1 Å². The maximum absolute atomic E-state index is 9.10. The number of carbonyl (C=O) groups is 2. The van der Waals surface area contributed by atoms with Gasteiger partial charge in [0.15, 0.2) is 0 Å². The fraction of sp³-hybridized carbons (Fsp3) is 0.529. The summed E-state index contributed by atoms with van der Waals surface area (Å²) in [5, 5.41) is 18.3. The summed E-state index contributed by atoms with van der Waals surface area (Å²) in [6.07, 6.45) is 2.23.